The summed E-state index contributed by atoms with van der Waals surface area (Å²) in [6.07, 6.45) is 0. The molecule has 9 heteroatoms. The first-order chi connectivity index (χ1) is 14.6. The van der Waals surface area contributed by atoms with Crippen LogP contribution in [-0.4, -0.2) is 37.5 Å². The predicted octanol–water partition coefficient (Wildman–Crippen LogP) is 4.79. The molecule has 2 aromatic carbocycles. The number of thioether (sulfide) groups is 2. The first-order valence-corrected chi connectivity index (χ1v) is 12.3. The molecule has 0 saturated heterocycles. The molecule has 0 unspecified atom stereocenters. The van der Waals surface area contributed by atoms with E-state index in [1.165, 1.54) is 16.5 Å². The van der Waals surface area contributed by atoms with Crippen molar-refractivity contribution in [1.82, 2.24) is 25.1 Å². The van der Waals surface area contributed by atoms with E-state index < -0.39 is 0 Å². The number of benzene rings is 2. The zero-order valence-electron chi connectivity index (χ0n) is 16.6. The Balaban J connectivity index is 1.54. The van der Waals surface area contributed by atoms with Gasteiger partial charge in [0.1, 0.15) is 5.82 Å². The molecule has 0 saturated carbocycles. The van der Waals surface area contributed by atoms with Gasteiger partial charge in [0.15, 0.2) is 9.50 Å². The van der Waals surface area contributed by atoms with Crippen molar-refractivity contribution in [2.24, 2.45) is 0 Å². The van der Waals surface area contributed by atoms with Gasteiger partial charge in [-0.25, -0.2) is 4.98 Å². The molecule has 0 spiro atoms. The molecule has 154 valence electrons. The Morgan fingerprint density at radius 2 is 1.83 bits per heavy atom. The number of aromatic nitrogens is 4. The van der Waals surface area contributed by atoms with E-state index in [1.807, 2.05) is 66.9 Å². The summed E-state index contributed by atoms with van der Waals surface area (Å²) in [5.41, 5.74) is 2.00. The quantitative estimate of drug-likeness (QED) is 0.385. The van der Waals surface area contributed by atoms with Gasteiger partial charge in [0.25, 0.3) is 0 Å². The Morgan fingerprint density at radius 1 is 1.07 bits per heavy atom. The lowest BCUT2D eigenvalue weighted by atomic mass is 10.3. The van der Waals surface area contributed by atoms with Crippen molar-refractivity contribution < 1.29 is 4.79 Å². The second-order valence-electron chi connectivity index (χ2n) is 6.82. The van der Waals surface area contributed by atoms with Crippen LogP contribution in [0.3, 0.4) is 0 Å². The van der Waals surface area contributed by atoms with Crippen molar-refractivity contribution in [3.63, 3.8) is 0 Å². The summed E-state index contributed by atoms with van der Waals surface area (Å²) < 4.78 is 4.20. The summed E-state index contributed by atoms with van der Waals surface area (Å²) in [7, 11) is 0. The highest BCUT2D eigenvalue weighted by Crippen LogP contribution is 2.32. The van der Waals surface area contributed by atoms with E-state index in [2.05, 4.69) is 26.6 Å². The fourth-order valence-corrected chi connectivity index (χ4v) is 5.62. The number of amides is 1. The van der Waals surface area contributed by atoms with Crippen LogP contribution in [0.15, 0.2) is 64.1 Å². The molecule has 0 fully saturated rings. The van der Waals surface area contributed by atoms with Gasteiger partial charge < -0.3 is 5.32 Å². The summed E-state index contributed by atoms with van der Waals surface area (Å²) in [5, 5.41) is 12.4. The normalized spacial score (nSPS) is 11.3. The minimum atomic E-state index is -0.0111. The number of hydrogen-bond donors (Lipinski definition) is 1. The SMILES string of the molecule is CC(C)NC(=O)CSc1nnc(CSc2nc3ccccc3s2)n1-c1ccccc1. The van der Waals surface area contributed by atoms with Crippen LogP contribution in [0.5, 0.6) is 0 Å². The smallest absolute Gasteiger partial charge is 0.230 e. The molecule has 0 radical (unpaired) electrons. The average molecular weight is 456 g/mol. The van der Waals surface area contributed by atoms with Crippen LogP contribution in [0.4, 0.5) is 0 Å². The van der Waals surface area contributed by atoms with E-state index in [0.717, 1.165) is 21.4 Å². The number of thiazole rings is 1. The van der Waals surface area contributed by atoms with Gasteiger partial charge in [-0.05, 0) is 38.1 Å². The first-order valence-electron chi connectivity index (χ1n) is 9.50. The fraction of sp³-hybridized carbons (Fsp3) is 0.238. The highest BCUT2D eigenvalue weighted by Gasteiger charge is 2.17. The van der Waals surface area contributed by atoms with Gasteiger partial charge >= 0.3 is 0 Å². The standard InChI is InChI=1S/C21H21N5OS3/c1-14(2)22-19(27)13-28-20-25-24-18(26(20)15-8-4-3-5-9-15)12-29-21-23-16-10-6-7-11-17(16)30-21/h3-11,14H,12-13H2,1-2H3,(H,22,27). The summed E-state index contributed by atoms with van der Waals surface area (Å²) in [4.78, 5) is 16.8. The molecular formula is C21H21N5OS3. The molecular weight excluding hydrogens is 434 g/mol. The number of rotatable bonds is 8. The molecule has 1 N–H and O–H groups in total. The third-order valence-electron chi connectivity index (χ3n) is 4.10. The Labute approximate surface area is 187 Å². The molecule has 2 heterocycles. The van der Waals surface area contributed by atoms with E-state index in [0.29, 0.717) is 16.7 Å². The molecule has 0 atom stereocenters. The highest BCUT2D eigenvalue weighted by atomic mass is 32.2. The van der Waals surface area contributed by atoms with Gasteiger partial charge in [-0.1, -0.05) is 53.9 Å². The summed E-state index contributed by atoms with van der Waals surface area (Å²) >= 11 is 4.72. The maximum absolute atomic E-state index is 12.1. The topological polar surface area (TPSA) is 72.7 Å². The molecule has 2 aromatic heterocycles. The minimum Gasteiger partial charge on any atom is -0.353 e. The van der Waals surface area contributed by atoms with Crippen LogP contribution in [0.1, 0.15) is 19.7 Å². The van der Waals surface area contributed by atoms with Crippen LogP contribution < -0.4 is 5.32 Å². The third kappa shape index (κ3) is 5.03. The summed E-state index contributed by atoms with van der Waals surface area (Å²) in [6, 6.07) is 18.2. The predicted molar refractivity (Wildman–Crippen MR) is 125 cm³/mol. The van der Waals surface area contributed by atoms with E-state index >= 15 is 0 Å². The minimum absolute atomic E-state index is 0.0111. The van der Waals surface area contributed by atoms with E-state index in [9.17, 15) is 4.79 Å². The highest BCUT2D eigenvalue weighted by molar-refractivity contribution is 8.00. The van der Waals surface area contributed by atoms with Gasteiger partial charge in [0.2, 0.25) is 5.91 Å². The van der Waals surface area contributed by atoms with Crippen LogP contribution in [-0.2, 0) is 10.5 Å². The number of fused-ring (bicyclic) bond motifs is 1. The second-order valence-corrected chi connectivity index (χ2v) is 10.0. The molecule has 0 aliphatic rings. The fourth-order valence-electron chi connectivity index (χ4n) is 2.86. The Kier molecular flexibility index (Phi) is 6.71. The zero-order valence-corrected chi connectivity index (χ0v) is 19.1. The van der Waals surface area contributed by atoms with Crippen LogP contribution in [0.2, 0.25) is 0 Å². The number of carbonyl (C=O) groups is 1. The lowest BCUT2D eigenvalue weighted by Gasteiger charge is -2.10. The number of nitrogens with zero attached hydrogens (tertiary/aromatic N) is 4. The maximum Gasteiger partial charge on any atom is 0.230 e. The van der Waals surface area contributed by atoms with E-state index in [1.54, 1.807) is 23.1 Å². The molecule has 0 bridgehead atoms. The van der Waals surface area contributed by atoms with Gasteiger partial charge in [0.05, 0.1) is 21.7 Å². The van der Waals surface area contributed by atoms with Gasteiger partial charge in [-0.3, -0.25) is 9.36 Å². The lowest BCUT2D eigenvalue weighted by Crippen LogP contribution is -2.31. The number of hydrogen-bond acceptors (Lipinski definition) is 7. The van der Waals surface area contributed by atoms with Crippen molar-refractivity contribution in [3.05, 3.63) is 60.4 Å². The zero-order chi connectivity index (χ0) is 20.9. The van der Waals surface area contributed by atoms with Crippen molar-refractivity contribution in [2.45, 2.75) is 35.1 Å². The van der Waals surface area contributed by atoms with Gasteiger partial charge in [-0.2, -0.15) is 0 Å². The molecule has 4 rings (SSSR count). The Morgan fingerprint density at radius 3 is 2.60 bits per heavy atom. The van der Waals surface area contributed by atoms with Crippen molar-refractivity contribution >= 4 is 51.0 Å². The Hall–Kier alpha value is -2.36. The summed E-state index contributed by atoms with van der Waals surface area (Å²) in [5.74, 6) is 1.76. The van der Waals surface area contributed by atoms with Crippen LogP contribution >= 0.6 is 34.9 Å². The number of carbonyl (C=O) groups excluding carboxylic acids is 1. The molecule has 0 aliphatic heterocycles. The second kappa shape index (κ2) is 9.63. The summed E-state index contributed by atoms with van der Waals surface area (Å²) in [6.45, 7) is 3.90. The van der Waals surface area contributed by atoms with Crippen molar-refractivity contribution in [2.75, 3.05) is 5.75 Å². The maximum atomic E-state index is 12.1. The molecule has 6 nitrogen and oxygen atoms in total. The van der Waals surface area contributed by atoms with Crippen LogP contribution in [0.25, 0.3) is 15.9 Å². The average Bonchev–Trinajstić information content (AvgIpc) is 3.34. The first kappa shape index (κ1) is 20.9. The monoisotopic (exact) mass is 455 g/mol. The molecule has 30 heavy (non-hydrogen) atoms. The van der Waals surface area contributed by atoms with Crippen LogP contribution in [0, 0.1) is 0 Å². The van der Waals surface area contributed by atoms with Crippen molar-refractivity contribution in [3.8, 4) is 5.69 Å². The van der Waals surface area contributed by atoms with Crippen molar-refractivity contribution in [1.29, 1.82) is 0 Å². The van der Waals surface area contributed by atoms with Gasteiger partial charge in [0, 0.05) is 11.7 Å². The Bertz CT molecular complexity index is 1110. The third-order valence-corrected chi connectivity index (χ3v) is 7.20. The lowest BCUT2D eigenvalue weighted by molar-refractivity contribution is -0.119. The number of nitrogens with one attached hydrogen (secondary N) is 1. The largest absolute Gasteiger partial charge is 0.353 e. The number of para-hydroxylation sites is 2. The molecule has 1 amide bonds. The molecule has 0 aliphatic carbocycles. The van der Waals surface area contributed by atoms with Gasteiger partial charge in [-0.15, -0.1) is 21.5 Å². The van der Waals surface area contributed by atoms with E-state index in [-0.39, 0.29) is 11.9 Å². The van der Waals surface area contributed by atoms with E-state index in [4.69, 9.17) is 0 Å². The molecule has 4 aromatic rings.